The zero-order valence-corrected chi connectivity index (χ0v) is 13.1. The van der Waals surface area contributed by atoms with Crippen LogP contribution in [0.1, 0.15) is 16.8 Å². The van der Waals surface area contributed by atoms with Gasteiger partial charge in [-0.1, -0.05) is 18.2 Å². The molecule has 2 aromatic rings. The van der Waals surface area contributed by atoms with Crippen molar-refractivity contribution in [2.75, 3.05) is 0 Å². The molecule has 1 N–H and O–H groups in total. The number of carbonyl (C=O) groups excluding carboxylic acids is 1. The summed E-state index contributed by atoms with van der Waals surface area (Å²) in [4.78, 5) is 21.4. The van der Waals surface area contributed by atoms with Crippen molar-refractivity contribution in [2.24, 2.45) is 4.99 Å². The van der Waals surface area contributed by atoms with E-state index in [4.69, 9.17) is 0 Å². The van der Waals surface area contributed by atoms with E-state index in [1.165, 1.54) is 11.8 Å². The molecule has 0 saturated carbocycles. The van der Waals surface area contributed by atoms with Gasteiger partial charge in [0.05, 0.1) is 16.3 Å². The number of amides is 1. The van der Waals surface area contributed by atoms with Gasteiger partial charge in [-0.25, -0.2) is 4.99 Å². The highest BCUT2D eigenvalue weighted by Gasteiger charge is 2.24. The third kappa shape index (κ3) is 3.26. The first-order chi connectivity index (χ1) is 10.6. The molecule has 1 aliphatic rings. The van der Waals surface area contributed by atoms with Gasteiger partial charge in [0.15, 0.2) is 5.17 Å². The Balaban J connectivity index is 1.87. The number of aliphatic imine (C=N–C) groups is 1. The highest BCUT2D eigenvalue weighted by molar-refractivity contribution is 8.18. The molecule has 3 rings (SSSR count). The second-order valence-electron chi connectivity index (χ2n) is 5.03. The van der Waals surface area contributed by atoms with Gasteiger partial charge in [-0.3, -0.25) is 9.78 Å². The van der Waals surface area contributed by atoms with E-state index >= 15 is 0 Å². The molecule has 1 saturated heterocycles. The lowest BCUT2D eigenvalue weighted by atomic mass is 10.1. The Morgan fingerprint density at radius 1 is 1.23 bits per heavy atom. The maximum atomic E-state index is 12.0. The van der Waals surface area contributed by atoms with Crippen molar-refractivity contribution in [3.05, 3.63) is 64.3 Å². The molecular weight excluding hydrogens is 294 g/mol. The normalized spacial score (nSPS) is 18.0. The van der Waals surface area contributed by atoms with E-state index < -0.39 is 0 Å². The Hall–Kier alpha value is -2.40. The molecule has 1 aromatic carbocycles. The van der Waals surface area contributed by atoms with Crippen LogP contribution in [0.15, 0.2) is 52.5 Å². The van der Waals surface area contributed by atoms with Crippen molar-refractivity contribution in [3.63, 3.8) is 0 Å². The van der Waals surface area contributed by atoms with Gasteiger partial charge in [-0.05, 0) is 61.0 Å². The number of hydrogen-bond donors (Lipinski definition) is 1. The fourth-order valence-corrected chi connectivity index (χ4v) is 2.84. The van der Waals surface area contributed by atoms with Crippen molar-refractivity contribution in [2.45, 2.75) is 13.8 Å². The summed E-state index contributed by atoms with van der Waals surface area (Å²) in [5, 5.41) is 3.40. The molecule has 22 heavy (non-hydrogen) atoms. The third-order valence-electron chi connectivity index (χ3n) is 3.20. The molecule has 1 fully saturated rings. The zero-order valence-electron chi connectivity index (χ0n) is 12.3. The standard InChI is InChI=1S/C17H15N3OS/c1-11-6-7-12(2)14(9-11)19-17-20-16(21)15(22-17)10-13-5-3-4-8-18-13/h3-10H,1-2H3,(H,19,20,21)/b15-10-. The number of amidine groups is 1. The first-order valence-electron chi connectivity index (χ1n) is 6.90. The van der Waals surface area contributed by atoms with Crippen molar-refractivity contribution in [1.29, 1.82) is 0 Å². The van der Waals surface area contributed by atoms with Gasteiger partial charge in [0.2, 0.25) is 0 Å². The number of rotatable bonds is 2. The van der Waals surface area contributed by atoms with Crippen LogP contribution < -0.4 is 5.32 Å². The SMILES string of the molecule is Cc1ccc(C)c(N=C2NC(=O)/C(=C/c3ccccn3)S2)c1. The molecule has 0 bridgehead atoms. The number of nitrogens with one attached hydrogen (secondary N) is 1. The molecule has 110 valence electrons. The largest absolute Gasteiger partial charge is 0.300 e. The first-order valence-corrected chi connectivity index (χ1v) is 7.71. The molecular formula is C17H15N3OS. The Kier molecular flexibility index (Phi) is 4.06. The van der Waals surface area contributed by atoms with Crippen molar-refractivity contribution >= 4 is 34.6 Å². The van der Waals surface area contributed by atoms with Crippen LogP contribution >= 0.6 is 11.8 Å². The summed E-state index contributed by atoms with van der Waals surface area (Å²) >= 11 is 1.33. The molecule has 0 aliphatic carbocycles. The van der Waals surface area contributed by atoms with E-state index in [9.17, 15) is 4.79 Å². The van der Waals surface area contributed by atoms with E-state index in [-0.39, 0.29) is 5.91 Å². The van der Waals surface area contributed by atoms with Gasteiger partial charge in [-0.2, -0.15) is 0 Å². The molecule has 0 radical (unpaired) electrons. The molecule has 0 unspecified atom stereocenters. The van der Waals surface area contributed by atoms with Crippen molar-refractivity contribution < 1.29 is 4.79 Å². The zero-order chi connectivity index (χ0) is 15.5. The van der Waals surface area contributed by atoms with E-state index in [1.54, 1.807) is 12.3 Å². The lowest BCUT2D eigenvalue weighted by Gasteiger charge is -2.02. The van der Waals surface area contributed by atoms with Crippen LogP contribution in [-0.2, 0) is 4.79 Å². The quantitative estimate of drug-likeness (QED) is 0.863. The summed E-state index contributed by atoms with van der Waals surface area (Å²) in [5.74, 6) is -0.139. The summed E-state index contributed by atoms with van der Waals surface area (Å²) < 4.78 is 0. The summed E-state index contributed by atoms with van der Waals surface area (Å²) in [6, 6.07) is 11.7. The van der Waals surface area contributed by atoms with Crippen LogP contribution in [0.25, 0.3) is 6.08 Å². The predicted molar refractivity (Wildman–Crippen MR) is 91.0 cm³/mol. The Bertz CT molecular complexity index is 782. The van der Waals surface area contributed by atoms with Crippen LogP contribution in [0.4, 0.5) is 5.69 Å². The average Bonchev–Trinajstić information content (AvgIpc) is 2.84. The minimum atomic E-state index is -0.139. The van der Waals surface area contributed by atoms with Crippen LogP contribution in [0.5, 0.6) is 0 Å². The summed E-state index contributed by atoms with van der Waals surface area (Å²) in [6.45, 7) is 4.03. The molecule has 4 nitrogen and oxygen atoms in total. The predicted octanol–water partition coefficient (Wildman–Crippen LogP) is 3.59. The molecule has 0 spiro atoms. The number of aryl methyl sites for hydroxylation is 2. The van der Waals surface area contributed by atoms with Crippen LogP contribution in [0.3, 0.4) is 0 Å². The maximum absolute atomic E-state index is 12.0. The Morgan fingerprint density at radius 2 is 2.09 bits per heavy atom. The molecule has 5 heteroatoms. The van der Waals surface area contributed by atoms with E-state index in [0.717, 1.165) is 22.5 Å². The van der Waals surface area contributed by atoms with Gasteiger partial charge in [0, 0.05) is 6.20 Å². The number of nitrogens with zero attached hydrogens (tertiary/aromatic N) is 2. The second-order valence-corrected chi connectivity index (χ2v) is 6.06. The summed E-state index contributed by atoms with van der Waals surface area (Å²) in [7, 11) is 0. The monoisotopic (exact) mass is 309 g/mol. The van der Waals surface area contributed by atoms with Crippen LogP contribution in [-0.4, -0.2) is 16.1 Å². The van der Waals surface area contributed by atoms with Crippen molar-refractivity contribution in [3.8, 4) is 0 Å². The number of carbonyl (C=O) groups is 1. The molecule has 1 amide bonds. The fraction of sp³-hybridized carbons (Fsp3) is 0.118. The summed E-state index contributed by atoms with van der Waals surface area (Å²) in [5.41, 5.74) is 3.86. The maximum Gasteiger partial charge on any atom is 0.264 e. The van der Waals surface area contributed by atoms with Crippen LogP contribution in [0.2, 0.25) is 0 Å². The number of thioether (sulfide) groups is 1. The van der Waals surface area contributed by atoms with E-state index in [1.807, 2.05) is 50.2 Å². The minimum absolute atomic E-state index is 0.139. The Labute approximate surface area is 133 Å². The lowest BCUT2D eigenvalue weighted by molar-refractivity contribution is -0.115. The smallest absolute Gasteiger partial charge is 0.264 e. The van der Waals surface area contributed by atoms with Crippen molar-refractivity contribution in [1.82, 2.24) is 10.3 Å². The highest BCUT2D eigenvalue weighted by atomic mass is 32.2. The van der Waals surface area contributed by atoms with Gasteiger partial charge in [-0.15, -0.1) is 0 Å². The lowest BCUT2D eigenvalue weighted by Crippen LogP contribution is -2.19. The number of benzene rings is 1. The number of hydrogen-bond acceptors (Lipinski definition) is 4. The van der Waals surface area contributed by atoms with Gasteiger partial charge in [0.25, 0.3) is 5.91 Å². The third-order valence-corrected chi connectivity index (χ3v) is 4.11. The van der Waals surface area contributed by atoms with Crippen LogP contribution in [0, 0.1) is 13.8 Å². The number of aromatic nitrogens is 1. The number of pyridine rings is 1. The topological polar surface area (TPSA) is 54.4 Å². The minimum Gasteiger partial charge on any atom is -0.300 e. The fourth-order valence-electron chi connectivity index (χ4n) is 2.03. The molecule has 0 atom stereocenters. The van der Waals surface area contributed by atoms with Gasteiger partial charge < -0.3 is 5.32 Å². The van der Waals surface area contributed by atoms with Gasteiger partial charge in [0.1, 0.15) is 0 Å². The van der Waals surface area contributed by atoms with E-state index in [0.29, 0.717) is 10.1 Å². The van der Waals surface area contributed by atoms with Gasteiger partial charge >= 0.3 is 0 Å². The molecule has 2 heterocycles. The van der Waals surface area contributed by atoms with E-state index in [2.05, 4.69) is 15.3 Å². The molecule has 1 aliphatic heterocycles. The summed E-state index contributed by atoms with van der Waals surface area (Å²) in [6.07, 6.45) is 3.47. The molecule has 1 aromatic heterocycles. The first kappa shape index (κ1) is 14.5. The average molecular weight is 309 g/mol. The Morgan fingerprint density at radius 3 is 2.86 bits per heavy atom. The highest BCUT2D eigenvalue weighted by Crippen LogP contribution is 2.29. The second kappa shape index (κ2) is 6.15.